The zero-order valence-corrected chi connectivity index (χ0v) is 19.3. The third-order valence-corrected chi connectivity index (χ3v) is 7.56. The number of nitrogens with zero attached hydrogens (tertiary/aromatic N) is 3. The van der Waals surface area contributed by atoms with Crippen molar-refractivity contribution in [3.63, 3.8) is 0 Å². The average Bonchev–Trinajstić information content (AvgIpc) is 3.23. The van der Waals surface area contributed by atoms with Crippen LogP contribution in [0.2, 0.25) is 5.02 Å². The van der Waals surface area contributed by atoms with Crippen molar-refractivity contribution in [3.8, 4) is 11.5 Å². The number of piperidine rings is 1. The molecule has 1 fully saturated rings. The third kappa shape index (κ3) is 4.98. The predicted octanol–water partition coefficient (Wildman–Crippen LogP) is 4.19. The molecule has 0 saturated carbocycles. The number of hydrogen-bond donors (Lipinski definition) is 1. The summed E-state index contributed by atoms with van der Waals surface area (Å²) >= 11 is 9.23. The molecule has 1 amide bonds. The van der Waals surface area contributed by atoms with Gasteiger partial charge in [0.05, 0.1) is 10.8 Å². The number of anilines is 1. The Morgan fingerprint density at radius 3 is 2.71 bits per heavy atom. The van der Waals surface area contributed by atoms with Crippen LogP contribution in [0.25, 0.3) is 11.5 Å². The number of aromatic nitrogens is 2. The molecule has 31 heavy (non-hydrogen) atoms. The second kappa shape index (κ2) is 9.07. The minimum absolute atomic E-state index is 0.0299. The van der Waals surface area contributed by atoms with E-state index in [1.165, 1.54) is 28.6 Å². The molecule has 0 bridgehead atoms. The highest BCUT2D eigenvalue weighted by Gasteiger charge is 2.33. The Labute approximate surface area is 192 Å². The second-order valence-electron chi connectivity index (χ2n) is 7.07. The zero-order chi connectivity index (χ0) is 22.0. The molecular weight excluding hydrogens is 508 g/mol. The number of hydrogen-bond acceptors (Lipinski definition) is 6. The van der Waals surface area contributed by atoms with Crippen LogP contribution in [0.1, 0.15) is 12.8 Å². The summed E-state index contributed by atoms with van der Waals surface area (Å²) in [5.74, 6) is -0.621. The van der Waals surface area contributed by atoms with Crippen molar-refractivity contribution in [2.24, 2.45) is 5.92 Å². The van der Waals surface area contributed by atoms with Crippen LogP contribution in [0.3, 0.4) is 0 Å². The molecule has 3 aromatic rings. The van der Waals surface area contributed by atoms with Gasteiger partial charge in [-0.3, -0.25) is 10.1 Å². The second-order valence-corrected chi connectivity index (χ2v) is 10.4. The van der Waals surface area contributed by atoms with Crippen molar-refractivity contribution in [2.45, 2.75) is 17.7 Å². The van der Waals surface area contributed by atoms with Crippen LogP contribution < -0.4 is 5.32 Å². The Morgan fingerprint density at radius 1 is 1.19 bits per heavy atom. The average molecular weight is 526 g/mol. The van der Waals surface area contributed by atoms with Crippen LogP contribution in [0.15, 0.2) is 62.3 Å². The first-order chi connectivity index (χ1) is 14.8. The highest BCUT2D eigenvalue weighted by molar-refractivity contribution is 9.10. The molecular formula is C20H18BrClN4O4S. The maximum Gasteiger partial charge on any atom is 0.322 e. The Morgan fingerprint density at radius 2 is 1.97 bits per heavy atom. The van der Waals surface area contributed by atoms with Crippen LogP contribution in [0, 0.1) is 5.92 Å². The molecule has 1 unspecified atom stereocenters. The fourth-order valence-corrected chi connectivity index (χ4v) is 5.40. The van der Waals surface area contributed by atoms with Gasteiger partial charge in [-0.1, -0.05) is 38.7 Å². The number of sulfonamides is 1. The van der Waals surface area contributed by atoms with E-state index in [0.29, 0.717) is 30.0 Å². The van der Waals surface area contributed by atoms with Gasteiger partial charge in [-0.15, -0.1) is 5.10 Å². The molecule has 2 heterocycles. The van der Waals surface area contributed by atoms with Crippen molar-refractivity contribution < 1.29 is 17.6 Å². The zero-order valence-electron chi connectivity index (χ0n) is 16.2. The van der Waals surface area contributed by atoms with Gasteiger partial charge in [0, 0.05) is 28.1 Å². The molecule has 1 saturated heterocycles. The van der Waals surface area contributed by atoms with Crippen molar-refractivity contribution in [2.75, 3.05) is 18.4 Å². The van der Waals surface area contributed by atoms with Gasteiger partial charge in [-0.05, 0) is 55.3 Å². The maximum atomic E-state index is 12.9. The number of halogens is 2. The van der Waals surface area contributed by atoms with Gasteiger partial charge in [-0.25, -0.2) is 8.42 Å². The molecule has 162 valence electrons. The third-order valence-electron chi connectivity index (χ3n) is 4.93. The van der Waals surface area contributed by atoms with Crippen LogP contribution in [0.5, 0.6) is 0 Å². The van der Waals surface area contributed by atoms with Crippen LogP contribution >= 0.6 is 27.5 Å². The molecule has 0 radical (unpaired) electrons. The largest absolute Gasteiger partial charge is 0.403 e. The summed E-state index contributed by atoms with van der Waals surface area (Å²) in [4.78, 5) is 12.9. The van der Waals surface area contributed by atoms with E-state index in [-0.39, 0.29) is 29.3 Å². The highest BCUT2D eigenvalue weighted by atomic mass is 79.9. The summed E-state index contributed by atoms with van der Waals surface area (Å²) < 4.78 is 33.6. The Kier molecular flexibility index (Phi) is 6.42. The van der Waals surface area contributed by atoms with Crippen molar-refractivity contribution >= 4 is 49.5 Å². The molecule has 0 spiro atoms. The molecule has 0 aliphatic carbocycles. The molecule has 11 heteroatoms. The first kappa shape index (κ1) is 21.9. The van der Waals surface area contributed by atoms with Crippen molar-refractivity contribution in [1.82, 2.24) is 14.5 Å². The van der Waals surface area contributed by atoms with Gasteiger partial charge in [0.25, 0.3) is 0 Å². The quantitative estimate of drug-likeness (QED) is 0.535. The summed E-state index contributed by atoms with van der Waals surface area (Å²) in [7, 11) is -3.72. The van der Waals surface area contributed by atoms with E-state index in [4.69, 9.17) is 16.0 Å². The summed E-state index contributed by atoms with van der Waals surface area (Å²) in [6, 6.07) is 13.3. The highest BCUT2D eigenvalue weighted by Crippen LogP contribution is 2.27. The van der Waals surface area contributed by atoms with Gasteiger partial charge >= 0.3 is 6.01 Å². The maximum absolute atomic E-state index is 12.9. The number of nitrogens with one attached hydrogen (secondary N) is 1. The smallest absolute Gasteiger partial charge is 0.322 e. The lowest BCUT2D eigenvalue weighted by Crippen LogP contribution is -2.43. The monoisotopic (exact) mass is 524 g/mol. The molecule has 2 aromatic carbocycles. The molecule has 1 aliphatic rings. The van der Waals surface area contributed by atoms with E-state index in [0.717, 1.165) is 4.47 Å². The van der Waals surface area contributed by atoms with E-state index < -0.39 is 15.9 Å². The summed E-state index contributed by atoms with van der Waals surface area (Å²) in [5, 5.41) is 10.9. The molecule has 1 aromatic heterocycles. The Bertz CT molecular complexity index is 1200. The van der Waals surface area contributed by atoms with Gasteiger partial charge in [0.1, 0.15) is 0 Å². The van der Waals surface area contributed by atoms with Crippen LogP contribution in [0.4, 0.5) is 6.01 Å². The standard InChI is InChI=1S/C20H18BrClN4O4S/c21-15-5-1-3-13(11-15)19-24-25-20(30-19)23-18(27)14-4-2-10-26(12-14)31(28,29)17-8-6-16(22)7-9-17/h1,3,5-9,11,14H,2,4,10,12H2,(H,23,25,27). The molecule has 1 aliphatic heterocycles. The van der Waals surface area contributed by atoms with Gasteiger partial charge in [0.2, 0.25) is 21.8 Å². The number of carbonyl (C=O) groups is 1. The van der Waals surface area contributed by atoms with Crippen LogP contribution in [-0.4, -0.2) is 41.9 Å². The lowest BCUT2D eigenvalue weighted by Gasteiger charge is -2.30. The molecule has 4 rings (SSSR count). The first-order valence-corrected chi connectivity index (χ1v) is 12.1. The first-order valence-electron chi connectivity index (χ1n) is 9.49. The van der Waals surface area contributed by atoms with E-state index in [2.05, 4.69) is 31.4 Å². The molecule has 1 N–H and O–H groups in total. The van der Waals surface area contributed by atoms with Gasteiger partial charge in [0.15, 0.2) is 0 Å². The lowest BCUT2D eigenvalue weighted by atomic mass is 9.99. The van der Waals surface area contributed by atoms with E-state index in [1.807, 2.05) is 24.3 Å². The molecule has 8 nitrogen and oxygen atoms in total. The summed E-state index contributed by atoms with van der Waals surface area (Å²) in [6.45, 7) is 0.422. The topological polar surface area (TPSA) is 105 Å². The predicted molar refractivity (Wildman–Crippen MR) is 119 cm³/mol. The SMILES string of the molecule is O=C(Nc1nnc(-c2cccc(Br)c2)o1)C1CCCN(S(=O)(=O)c2ccc(Cl)cc2)C1. The summed E-state index contributed by atoms with van der Waals surface area (Å²) in [5.41, 5.74) is 0.709. The normalized spacial score (nSPS) is 17.4. The van der Waals surface area contributed by atoms with Gasteiger partial charge in [-0.2, -0.15) is 4.31 Å². The number of rotatable bonds is 5. The van der Waals surface area contributed by atoms with Gasteiger partial charge < -0.3 is 4.42 Å². The van der Waals surface area contributed by atoms with Crippen molar-refractivity contribution in [1.29, 1.82) is 0 Å². The number of amides is 1. The number of benzene rings is 2. The van der Waals surface area contributed by atoms with E-state index in [1.54, 1.807) is 0 Å². The number of carbonyl (C=O) groups excluding carboxylic acids is 1. The fraction of sp³-hybridized carbons (Fsp3) is 0.250. The lowest BCUT2D eigenvalue weighted by molar-refractivity contribution is -0.121. The van der Waals surface area contributed by atoms with Crippen molar-refractivity contribution in [3.05, 3.63) is 58.0 Å². The minimum Gasteiger partial charge on any atom is -0.403 e. The molecule has 1 atom stereocenters. The van der Waals surface area contributed by atoms with E-state index in [9.17, 15) is 13.2 Å². The van der Waals surface area contributed by atoms with E-state index >= 15 is 0 Å². The van der Waals surface area contributed by atoms with Crippen LogP contribution in [-0.2, 0) is 14.8 Å². The Hall–Kier alpha value is -2.27. The summed E-state index contributed by atoms with van der Waals surface area (Å²) in [6.07, 6.45) is 1.13. The fourth-order valence-electron chi connectivity index (χ4n) is 3.35. The minimum atomic E-state index is -3.72. The Balaban J connectivity index is 1.44.